The van der Waals surface area contributed by atoms with Crippen molar-refractivity contribution in [2.45, 2.75) is 20.5 Å². The van der Waals surface area contributed by atoms with E-state index in [1.54, 1.807) is 6.08 Å². The lowest BCUT2D eigenvalue weighted by Gasteiger charge is -2.11. The van der Waals surface area contributed by atoms with Gasteiger partial charge in [-0.2, -0.15) is 0 Å². The lowest BCUT2D eigenvalue weighted by atomic mass is 9.95. The first-order valence-electron chi connectivity index (χ1n) is 8.71. The van der Waals surface area contributed by atoms with Crippen LogP contribution in [0.3, 0.4) is 0 Å². The van der Waals surface area contributed by atoms with Crippen molar-refractivity contribution in [1.82, 2.24) is 0 Å². The molecule has 0 unspecified atom stereocenters. The maximum atomic E-state index is 11.1. The van der Waals surface area contributed by atoms with Gasteiger partial charge in [-0.1, -0.05) is 53.8 Å². The van der Waals surface area contributed by atoms with Gasteiger partial charge in [-0.25, -0.2) is 4.79 Å². The van der Waals surface area contributed by atoms with Crippen molar-refractivity contribution in [3.63, 3.8) is 0 Å². The number of esters is 1. The molecule has 0 radical (unpaired) electrons. The van der Waals surface area contributed by atoms with Gasteiger partial charge in [0, 0.05) is 11.0 Å². The van der Waals surface area contributed by atoms with Gasteiger partial charge < -0.3 is 9.47 Å². The quantitative estimate of drug-likeness (QED) is 0.402. The molecule has 0 spiro atoms. The first kappa shape index (κ1) is 18.9. The number of carbonyl (C=O) groups is 1. The Bertz CT molecular complexity index is 932. The van der Waals surface area contributed by atoms with Gasteiger partial charge >= 0.3 is 5.97 Å². The van der Waals surface area contributed by atoms with Gasteiger partial charge in [0.1, 0.15) is 6.61 Å². The average Bonchev–Trinajstić information content (AvgIpc) is 3.13. The fourth-order valence-electron chi connectivity index (χ4n) is 2.91. The van der Waals surface area contributed by atoms with Crippen molar-refractivity contribution < 1.29 is 14.3 Å². The van der Waals surface area contributed by atoms with E-state index in [9.17, 15) is 4.79 Å². The topological polar surface area (TPSA) is 35.5 Å². The van der Waals surface area contributed by atoms with Gasteiger partial charge in [-0.3, -0.25) is 0 Å². The van der Waals surface area contributed by atoms with Gasteiger partial charge in [0.2, 0.25) is 0 Å². The minimum atomic E-state index is -0.366. The summed E-state index contributed by atoms with van der Waals surface area (Å²) in [5, 5.41) is 0.818. The van der Waals surface area contributed by atoms with E-state index in [0.717, 1.165) is 15.5 Å². The van der Waals surface area contributed by atoms with E-state index in [2.05, 4.69) is 61.0 Å². The van der Waals surface area contributed by atoms with Crippen LogP contribution in [0.1, 0.15) is 21.6 Å². The molecule has 27 heavy (non-hydrogen) atoms. The molecular weight excluding hydrogens is 356 g/mol. The van der Waals surface area contributed by atoms with Gasteiger partial charge in [0.15, 0.2) is 5.06 Å². The second-order valence-corrected chi connectivity index (χ2v) is 7.34. The molecule has 0 aliphatic heterocycles. The summed E-state index contributed by atoms with van der Waals surface area (Å²) in [6.45, 7) is 4.79. The van der Waals surface area contributed by atoms with Gasteiger partial charge in [0.05, 0.1) is 7.11 Å². The van der Waals surface area contributed by atoms with Crippen LogP contribution >= 0.6 is 11.3 Å². The summed E-state index contributed by atoms with van der Waals surface area (Å²) < 4.78 is 10.5. The molecule has 1 heterocycles. The van der Waals surface area contributed by atoms with Crippen LogP contribution in [0.5, 0.6) is 5.06 Å². The monoisotopic (exact) mass is 378 g/mol. The van der Waals surface area contributed by atoms with Crippen LogP contribution in [-0.4, -0.2) is 13.1 Å². The number of thiophene rings is 1. The summed E-state index contributed by atoms with van der Waals surface area (Å²) >= 11 is 1.49. The Morgan fingerprint density at radius 3 is 2.37 bits per heavy atom. The van der Waals surface area contributed by atoms with Crippen molar-refractivity contribution in [2.75, 3.05) is 7.11 Å². The molecule has 0 saturated carbocycles. The fraction of sp³-hybridized carbons (Fsp3) is 0.174. The summed E-state index contributed by atoms with van der Waals surface area (Å²) in [5.74, 6) is -0.366. The molecular formula is C23H22O3S. The van der Waals surface area contributed by atoms with E-state index in [1.807, 2.05) is 12.1 Å². The Morgan fingerprint density at radius 2 is 1.70 bits per heavy atom. The molecule has 138 valence electrons. The molecule has 3 rings (SSSR count). The van der Waals surface area contributed by atoms with E-state index in [0.29, 0.717) is 6.61 Å². The van der Waals surface area contributed by atoms with Crippen LogP contribution in [-0.2, 0) is 16.1 Å². The van der Waals surface area contributed by atoms with Crippen LogP contribution in [0.4, 0.5) is 0 Å². The number of benzene rings is 2. The molecule has 0 N–H and O–H groups in total. The largest absolute Gasteiger partial charge is 0.479 e. The molecule has 0 fully saturated rings. The fourth-order valence-corrected chi connectivity index (χ4v) is 3.67. The lowest BCUT2D eigenvalue weighted by molar-refractivity contribution is -0.134. The Kier molecular flexibility index (Phi) is 6.09. The molecule has 0 aliphatic rings. The SMILES string of the molecule is COC(=O)C=Cc1ccc(OCc2ccc(-c3c(C)cccc3C)cc2)s1. The smallest absolute Gasteiger partial charge is 0.330 e. The molecule has 3 aromatic rings. The third kappa shape index (κ3) is 4.86. The third-order valence-electron chi connectivity index (χ3n) is 4.29. The molecule has 2 aromatic carbocycles. The zero-order valence-electron chi connectivity index (χ0n) is 15.7. The molecule has 1 aromatic heterocycles. The summed E-state index contributed by atoms with van der Waals surface area (Å²) in [7, 11) is 1.36. The lowest BCUT2D eigenvalue weighted by Crippen LogP contribution is -1.94. The van der Waals surface area contributed by atoms with Crippen LogP contribution < -0.4 is 4.74 Å². The number of ether oxygens (including phenoxy) is 2. The van der Waals surface area contributed by atoms with Crippen molar-refractivity contribution in [3.05, 3.63) is 82.2 Å². The Hall–Kier alpha value is -2.85. The number of methoxy groups -OCH3 is 1. The molecule has 0 amide bonds. The zero-order chi connectivity index (χ0) is 19.2. The molecule has 0 bridgehead atoms. The van der Waals surface area contributed by atoms with Crippen LogP contribution in [0.2, 0.25) is 0 Å². The normalized spacial score (nSPS) is 10.9. The van der Waals surface area contributed by atoms with Crippen LogP contribution in [0.25, 0.3) is 17.2 Å². The first-order valence-corrected chi connectivity index (χ1v) is 9.52. The summed E-state index contributed by atoms with van der Waals surface area (Å²) in [4.78, 5) is 12.1. The molecule has 0 saturated heterocycles. The standard InChI is InChI=1S/C23H22O3S/c1-16-5-4-6-17(2)23(16)19-9-7-18(8-10-19)15-26-22-14-12-20(27-22)11-13-21(24)25-3/h4-14H,15H2,1-3H3. The molecule has 3 nitrogen and oxygen atoms in total. The molecule has 0 aliphatic carbocycles. The molecule has 4 heteroatoms. The average molecular weight is 378 g/mol. The van der Waals surface area contributed by atoms with Crippen LogP contribution in [0, 0.1) is 13.8 Å². The van der Waals surface area contributed by atoms with Crippen molar-refractivity contribution in [2.24, 2.45) is 0 Å². The van der Waals surface area contributed by atoms with E-state index in [1.165, 1.54) is 46.8 Å². The Balaban J connectivity index is 1.63. The minimum absolute atomic E-state index is 0.366. The highest BCUT2D eigenvalue weighted by atomic mass is 32.1. The van der Waals surface area contributed by atoms with Gasteiger partial charge in [-0.05, 0) is 59.9 Å². The number of carbonyl (C=O) groups excluding carboxylic acids is 1. The van der Waals surface area contributed by atoms with Gasteiger partial charge in [-0.15, -0.1) is 0 Å². The Morgan fingerprint density at radius 1 is 1.00 bits per heavy atom. The predicted molar refractivity (Wildman–Crippen MR) is 111 cm³/mol. The highest BCUT2D eigenvalue weighted by Gasteiger charge is 2.06. The maximum Gasteiger partial charge on any atom is 0.330 e. The summed E-state index contributed by atoms with van der Waals surface area (Å²) in [5.41, 5.74) is 6.20. The number of hydrogen-bond donors (Lipinski definition) is 0. The van der Waals surface area contributed by atoms with E-state index >= 15 is 0 Å². The van der Waals surface area contributed by atoms with Crippen LogP contribution in [0.15, 0.2) is 60.7 Å². The van der Waals surface area contributed by atoms with Gasteiger partial charge in [0.25, 0.3) is 0 Å². The van der Waals surface area contributed by atoms with Crippen molar-refractivity contribution >= 4 is 23.4 Å². The zero-order valence-corrected chi connectivity index (χ0v) is 16.5. The first-order chi connectivity index (χ1) is 13.1. The maximum absolute atomic E-state index is 11.1. The van der Waals surface area contributed by atoms with Crippen molar-refractivity contribution in [1.29, 1.82) is 0 Å². The summed E-state index contributed by atoms with van der Waals surface area (Å²) in [6.07, 6.45) is 3.13. The number of rotatable bonds is 6. The highest BCUT2D eigenvalue weighted by molar-refractivity contribution is 7.14. The Labute approximate surface area is 163 Å². The van der Waals surface area contributed by atoms with E-state index in [4.69, 9.17) is 4.74 Å². The number of hydrogen-bond acceptors (Lipinski definition) is 4. The second kappa shape index (κ2) is 8.69. The highest BCUT2D eigenvalue weighted by Crippen LogP contribution is 2.29. The summed E-state index contributed by atoms with van der Waals surface area (Å²) in [6, 6.07) is 18.7. The second-order valence-electron chi connectivity index (χ2n) is 6.27. The minimum Gasteiger partial charge on any atom is -0.479 e. The van der Waals surface area contributed by atoms with Crippen molar-refractivity contribution in [3.8, 4) is 16.2 Å². The molecule has 0 atom stereocenters. The third-order valence-corrected chi connectivity index (χ3v) is 5.25. The predicted octanol–water partition coefficient (Wildman–Crippen LogP) is 5.80. The van der Waals surface area contributed by atoms with E-state index < -0.39 is 0 Å². The number of aryl methyl sites for hydroxylation is 2. The van der Waals surface area contributed by atoms with E-state index in [-0.39, 0.29) is 5.97 Å².